The minimum absolute atomic E-state index is 0.0556. The van der Waals surface area contributed by atoms with Crippen LogP contribution < -0.4 is 10.1 Å². The summed E-state index contributed by atoms with van der Waals surface area (Å²) in [4.78, 5) is 39.4. The van der Waals surface area contributed by atoms with Crippen molar-refractivity contribution in [1.29, 1.82) is 0 Å². The molecular formula is C19H22F3N3O5. The lowest BCUT2D eigenvalue weighted by atomic mass is 10.1. The molecule has 1 aromatic rings. The molecule has 0 spiro atoms. The summed E-state index contributed by atoms with van der Waals surface area (Å²) >= 11 is 0. The molecule has 0 bridgehead atoms. The molecule has 164 valence electrons. The summed E-state index contributed by atoms with van der Waals surface area (Å²) < 4.78 is 44.1. The third kappa shape index (κ3) is 4.29. The van der Waals surface area contributed by atoms with Crippen LogP contribution in [0.3, 0.4) is 0 Å². The van der Waals surface area contributed by atoms with Crippen molar-refractivity contribution in [2.24, 2.45) is 0 Å². The maximum atomic E-state index is 13.0. The number of alkyl halides is 3. The molecule has 30 heavy (non-hydrogen) atoms. The van der Waals surface area contributed by atoms with Crippen molar-refractivity contribution in [3.63, 3.8) is 0 Å². The minimum atomic E-state index is -4.59. The van der Waals surface area contributed by atoms with Gasteiger partial charge in [-0.05, 0) is 43.9 Å². The Labute approximate surface area is 170 Å². The number of carbonyl (C=O) groups excluding carboxylic acids is 2. The van der Waals surface area contributed by atoms with Crippen molar-refractivity contribution in [1.82, 2.24) is 9.80 Å². The van der Waals surface area contributed by atoms with Gasteiger partial charge in [0.15, 0.2) is 0 Å². The molecule has 0 saturated carbocycles. The number of methoxy groups -OCH3 is 1. The summed E-state index contributed by atoms with van der Waals surface area (Å²) in [5.41, 5.74) is -1.09. The first-order chi connectivity index (χ1) is 14.1. The maximum absolute atomic E-state index is 13.0. The van der Waals surface area contributed by atoms with Crippen LogP contribution in [0.15, 0.2) is 18.2 Å². The molecule has 2 unspecified atom stereocenters. The molecule has 2 atom stereocenters. The Kier molecular flexibility index (Phi) is 6.09. The highest BCUT2D eigenvalue weighted by molar-refractivity contribution is 5.99. The number of anilines is 1. The number of benzene rings is 1. The van der Waals surface area contributed by atoms with Gasteiger partial charge in [-0.3, -0.25) is 14.5 Å². The number of nitrogens with one attached hydrogen (secondary N) is 1. The Hall–Kier alpha value is -2.98. The summed E-state index contributed by atoms with van der Waals surface area (Å²) in [5, 5.41) is 11.7. The van der Waals surface area contributed by atoms with Crippen molar-refractivity contribution in [3.8, 4) is 5.75 Å². The van der Waals surface area contributed by atoms with E-state index < -0.39 is 41.7 Å². The molecule has 8 nitrogen and oxygen atoms in total. The highest BCUT2D eigenvalue weighted by atomic mass is 19.4. The molecule has 1 aromatic carbocycles. The Morgan fingerprint density at radius 2 is 1.73 bits per heavy atom. The Balaban J connectivity index is 1.78. The van der Waals surface area contributed by atoms with E-state index in [9.17, 15) is 32.7 Å². The van der Waals surface area contributed by atoms with E-state index >= 15 is 0 Å². The smallest absolute Gasteiger partial charge is 0.416 e. The number of hydrogen-bond acceptors (Lipinski definition) is 4. The number of amides is 3. The van der Waals surface area contributed by atoms with Crippen molar-refractivity contribution < 1.29 is 37.4 Å². The summed E-state index contributed by atoms with van der Waals surface area (Å²) in [7, 11) is 1.27. The summed E-state index contributed by atoms with van der Waals surface area (Å²) in [6.07, 6.45) is -4.00. The first-order valence-corrected chi connectivity index (χ1v) is 9.49. The van der Waals surface area contributed by atoms with Gasteiger partial charge in [0.1, 0.15) is 17.8 Å². The van der Waals surface area contributed by atoms with E-state index in [1.165, 1.54) is 12.0 Å². The lowest BCUT2D eigenvalue weighted by Gasteiger charge is -2.29. The third-order valence-electron chi connectivity index (χ3n) is 5.41. The average molecular weight is 429 g/mol. The van der Waals surface area contributed by atoms with Crippen LogP contribution in [0.1, 0.15) is 31.2 Å². The lowest BCUT2D eigenvalue weighted by Crippen LogP contribution is -2.51. The third-order valence-corrected chi connectivity index (χ3v) is 5.41. The first-order valence-electron chi connectivity index (χ1n) is 9.49. The van der Waals surface area contributed by atoms with Gasteiger partial charge < -0.3 is 20.1 Å². The molecule has 3 amide bonds. The van der Waals surface area contributed by atoms with Crippen molar-refractivity contribution in [3.05, 3.63) is 23.8 Å². The van der Waals surface area contributed by atoms with Crippen LogP contribution in [0.25, 0.3) is 0 Å². The van der Waals surface area contributed by atoms with Gasteiger partial charge in [-0.2, -0.15) is 13.2 Å². The van der Waals surface area contributed by atoms with E-state index in [0.717, 1.165) is 23.1 Å². The molecule has 2 aliphatic rings. The number of rotatable bonds is 4. The van der Waals surface area contributed by atoms with Gasteiger partial charge in [0.25, 0.3) is 0 Å². The van der Waals surface area contributed by atoms with Crippen LogP contribution in [0.2, 0.25) is 0 Å². The molecular weight excluding hydrogens is 407 g/mol. The highest BCUT2D eigenvalue weighted by Crippen LogP contribution is 2.35. The zero-order valence-electron chi connectivity index (χ0n) is 16.2. The molecule has 2 aliphatic heterocycles. The normalized spacial score (nSPS) is 21.6. The number of halogens is 3. The van der Waals surface area contributed by atoms with Crippen LogP contribution >= 0.6 is 0 Å². The molecule has 11 heteroatoms. The summed E-state index contributed by atoms with van der Waals surface area (Å²) in [5.74, 6) is -1.04. The zero-order valence-corrected chi connectivity index (χ0v) is 16.2. The predicted molar refractivity (Wildman–Crippen MR) is 99.1 cm³/mol. The van der Waals surface area contributed by atoms with Gasteiger partial charge in [0.2, 0.25) is 11.8 Å². The fraction of sp³-hybridized carbons (Fsp3) is 0.526. The molecule has 2 saturated heterocycles. The van der Waals surface area contributed by atoms with E-state index in [1.807, 2.05) is 0 Å². The number of likely N-dealkylation sites (tertiary alicyclic amines) is 2. The van der Waals surface area contributed by atoms with E-state index in [2.05, 4.69) is 5.32 Å². The van der Waals surface area contributed by atoms with E-state index in [-0.39, 0.29) is 24.5 Å². The number of hydrogen-bond donors (Lipinski definition) is 2. The van der Waals surface area contributed by atoms with Gasteiger partial charge in [0, 0.05) is 13.1 Å². The highest BCUT2D eigenvalue weighted by Gasteiger charge is 2.42. The fourth-order valence-corrected chi connectivity index (χ4v) is 3.94. The van der Waals surface area contributed by atoms with Crippen molar-refractivity contribution in [2.45, 2.75) is 43.9 Å². The fourth-order valence-electron chi connectivity index (χ4n) is 3.94. The largest absolute Gasteiger partial charge is 0.495 e. The molecule has 2 fully saturated rings. The predicted octanol–water partition coefficient (Wildman–Crippen LogP) is 2.79. The second kappa shape index (κ2) is 8.41. The second-order valence-electron chi connectivity index (χ2n) is 7.23. The van der Waals surface area contributed by atoms with E-state index in [1.54, 1.807) is 0 Å². The number of nitrogens with zero attached hydrogens (tertiary/aromatic N) is 2. The summed E-state index contributed by atoms with van der Waals surface area (Å²) in [6.45, 7) is 0.526. The van der Waals surface area contributed by atoms with E-state index in [0.29, 0.717) is 25.7 Å². The Morgan fingerprint density at radius 1 is 1.10 bits per heavy atom. The number of carboxylic acid groups (broad SMARTS) is 1. The monoisotopic (exact) mass is 429 g/mol. The van der Waals surface area contributed by atoms with Crippen LogP contribution in [0, 0.1) is 0 Å². The molecule has 0 aliphatic carbocycles. The maximum Gasteiger partial charge on any atom is 0.416 e. The Bertz CT molecular complexity index is 845. The Morgan fingerprint density at radius 3 is 2.33 bits per heavy atom. The SMILES string of the molecule is COc1ccc(C(F)(F)F)cc1NC(=O)C1CCCN1C(=O)C1CCCN1C(=O)O. The van der Waals surface area contributed by atoms with Gasteiger partial charge in [-0.25, -0.2) is 4.79 Å². The minimum Gasteiger partial charge on any atom is -0.495 e. The molecule has 3 rings (SSSR count). The number of carbonyl (C=O) groups is 3. The number of ether oxygens (including phenoxy) is 1. The molecule has 0 radical (unpaired) electrons. The standard InChI is InChI=1S/C19H22F3N3O5/c1-30-15-7-6-11(19(20,21)22)10-12(15)23-16(26)13-4-2-8-24(13)17(27)14-5-3-9-25(14)18(28)29/h6-7,10,13-14H,2-5,8-9H2,1H3,(H,23,26)(H,28,29). The molecule has 2 heterocycles. The second-order valence-corrected chi connectivity index (χ2v) is 7.23. The first kappa shape index (κ1) is 21.7. The van der Waals surface area contributed by atoms with Gasteiger partial charge in [-0.15, -0.1) is 0 Å². The molecule has 0 aromatic heterocycles. The van der Waals surface area contributed by atoms with Crippen LogP contribution in [0.4, 0.5) is 23.7 Å². The van der Waals surface area contributed by atoms with Crippen LogP contribution in [0.5, 0.6) is 5.75 Å². The quantitative estimate of drug-likeness (QED) is 0.767. The van der Waals surface area contributed by atoms with Gasteiger partial charge in [-0.1, -0.05) is 0 Å². The summed E-state index contributed by atoms with van der Waals surface area (Å²) in [6, 6.07) is 0.993. The van der Waals surface area contributed by atoms with Gasteiger partial charge >= 0.3 is 12.3 Å². The zero-order chi connectivity index (χ0) is 22.1. The van der Waals surface area contributed by atoms with Gasteiger partial charge in [0.05, 0.1) is 18.4 Å². The average Bonchev–Trinajstić information content (AvgIpc) is 3.36. The van der Waals surface area contributed by atoms with Crippen LogP contribution in [-0.4, -0.2) is 65.1 Å². The van der Waals surface area contributed by atoms with Crippen molar-refractivity contribution >= 4 is 23.6 Å². The lowest BCUT2D eigenvalue weighted by molar-refractivity contribution is -0.140. The van der Waals surface area contributed by atoms with Crippen molar-refractivity contribution in [2.75, 3.05) is 25.5 Å². The van der Waals surface area contributed by atoms with E-state index in [4.69, 9.17) is 4.74 Å². The van der Waals surface area contributed by atoms with Crippen LogP contribution in [-0.2, 0) is 15.8 Å². The molecule has 2 N–H and O–H groups in total. The topological polar surface area (TPSA) is 99.2 Å².